The Kier molecular flexibility index (Phi) is 4.99. The molecule has 1 aromatic rings. The van der Waals surface area contributed by atoms with Gasteiger partial charge in [0.15, 0.2) is 0 Å². The summed E-state index contributed by atoms with van der Waals surface area (Å²) in [5.74, 6) is -0.815. The Morgan fingerprint density at radius 3 is 2.82 bits per heavy atom. The first kappa shape index (κ1) is 13.0. The van der Waals surface area contributed by atoms with E-state index >= 15 is 0 Å². The van der Waals surface area contributed by atoms with Gasteiger partial charge in [0.2, 0.25) is 0 Å². The molecule has 2 amide bonds. The highest BCUT2D eigenvalue weighted by Gasteiger charge is 2.02. The number of anilines is 1. The maximum Gasteiger partial charge on any atom is 0.319 e. The van der Waals surface area contributed by atoms with E-state index < -0.39 is 5.97 Å². The van der Waals surface area contributed by atoms with Gasteiger partial charge in [0.25, 0.3) is 0 Å². The van der Waals surface area contributed by atoms with Gasteiger partial charge < -0.3 is 15.7 Å². The van der Waals surface area contributed by atoms with Crippen molar-refractivity contribution in [2.45, 2.75) is 19.3 Å². The fraction of sp³-hybridized carbons (Fsp3) is 0.500. The molecule has 0 unspecified atom stereocenters. The summed E-state index contributed by atoms with van der Waals surface area (Å²) in [4.78, 5) is 21.6. The normalized spacial score (nSPS) is 9.94. The van der Waals surface area contributed by atoms with Gasteiger partial charge in [-0.2, -0.15) is 5.10 Å². The molecular weight excluding hydrogens is 224 g/mol. The van der Waals surface area contributed by atoms with E-state index in [0.717, 1.165) is 0 Å². The van der Waals surface area contributed by atoms with Crippen LogP contribution in [0.1, 0.15) is 19.3 Å². The van der Waals surface area contributed by atoms with Crippen LogP contribution in [0, 0.1) is 0 Å². The van der Waals surface area contributed by atoms with Crippen molar-refractivity contribution < 1.29 is 14.7 Å². The maximum absolute atomic E-state index is 11.3. The molecule has 0 bridgehead atoms. The Balaban J connectivity index is 2.11. The van der Waals surface area contributed by atoms with Crippen LogP contribution < -0.4 is 10.6 Å². The molecule has 0 spiro atoms. The molecule has 7 heteroatoms. The predicted molar refractivity (Wildman–Crippen MR) is 61.7 cm³/mol. The molecule has 0 aromatic carbocycles. The Morgan fingerprint density at radius 1 is 1.47 bits per heavy atom. The molecule has 17 heavy (non-hydrogen) atoms. The van der Waals surface area contributed by atoms with Gasteiger partial charge in [0.05, 0.1) is 11.9 Å². The average molecular weight is 240 g/mol. The van der Waals surface area contributed by atoms with Crippen molar-refractivity contribution >= 4 is 17.7 Å². The quantitative estimate of drug-likeness (QED) is 0.641. The smallest absolute Gasteiger partial charge is 0.319 e. The SMILES string of the molecule is Cn1cc(NC(=O)NCCCCC(=O)O)cn1. The number of aliphatic carboxylic acids is 1. The average Bonchev–Trinajstić information content (AvgIpc) is 2.63. The van der Waals surface area contributed by atoms with E-state index in [2.05, 4.69) is 15.7 Å². The first-order valence-corrected chi connectivity index (χ1v) is 5.33. The molecule has 1 rings (SSSR count). The molecule has 0 saturated carbocycles. The molecule has 0 radical (unpaired) electrons. The Labute approximate surface area is 98.8 Å². The van der Waals surface area contributed by atoms with E-state index in [9.17, 15) is 9.59 Å². The summed E-state index contributed by atoms with van der Waals surface area (Å²) in [5, 5.41) is 17.6. The number of carbonyl (C=O) groups excluding carboxylic acids is 1. The second-order valence-corrected chi connectivity index (χ2v) is 3.63. The highest BCUT2D eigenvalue weighted by molar-refractivity contribution is 5.88. The molecule has 0 aliphatic heterocycles. The Hall–Kier alpha value is -2.05. The molecular formula is C10H16N4O3. The fourth-order valence-corrected chi connectivity index (χ4v) is 1.26. The minimum atomic E-state index is -0.815. The number of hydrogen-bond acceptors (Lipinski definition) is 3. The van der Waals surface area contributed by atoms with Gasteiger partial charge in [-0.05, 0) is 12.8 Å². The molecule has 0 atom stereocenters. The van der Waals surface area contributed by atoms with Crippen LogP contribution in [0.15, 0.2) is 12.4 Å². The van der Waals surface area contributed by atoms with Crippen LogP contribution in [0.25, 0.3) is 0 Å². The first-order chi connectivity index (χ1) is 8.08. The largest absolute Gasteiger partial charge is 0.481 e. The van der Waals surface area contributed by atoms with Crippen molar-refractivity contribution in [1.29, 1.82) is 0 Å². The molecule has 94 valence electrons. The van der Waals surface area contributed by atoms with Gasteiger partial charge in [0, 0.05) is 26.2 Å². The van der Waals surface area contributed by atoms with Crippen molar-refractivity contribution in [3.05, 3.63) is 12.4 Å². The Morgan fingerprint density at radius 2 is 2.24 bits per heavy atom. The van der Waals surface area contributed by atoms with Crippen molar-refractivity contribution in [3.8, 4) is 0 Å². The standard InChI is InChI=1S/C10H16N4O3/c1-14-7-8(6-12-14)13-10(17)11-5-3-2-4-9(15)16/h6-7H,2-5H2,1H3,(H,15,16)(H2,11,13,17). The third kappa shape index (κ3) is 5.55. The van der Waals surface area contributed by atoms with Gasteiger partial charge in [-0.25, -0.2) is 4.79 Å². The van der Waals surface area contributed by atoms with Crippen LogP contribution in [-0.4, -0.2) is 33.4 Å². The summed E-state index contributed by atoms with van der Waals surface area (Å²) in [7, 11) is 1.76. The monoisotopic (exact) mass is 240 g/mol. The number of rotatable bonds is 6. The van der Waals surface area contributed by atoms with Gasteiger partial charge in [-0.3, -0.25) is 9.48 Å². The molecule has 3 N–H and O–H groups in total. The van der Waals surface area contributed by atoms with Crippen LogP contribution in [0.5, 0.6) is 0 Å². The number of hydrogen-bond donors (Lipinski definition) is 3. The number of carboxylic acid groups (broad SMARTS) is 1. The van der Waals surface area contributed by atoms with Gasteiger partial charge >= 0.3 is 12.0 Å². The van der Waals surface area contributed by atoms with Crippen molar-refractivity contribution in [1.82, 2.24) is 15.1 Å². The number of aryl methyl sites for hydroxylation is 1. The second-order valence-electron chi connectivity index (χ2n) is 3.63. The number of carbonyl (C=O) groups is 2. The number of carboxylic acids is 1. The fourth-order valence-electron chi connectivity index (χ4n) is 1.26. The lowest BCUT2D eigenvalue weighted by Gasteiger charge is -2.04. The molecule has 0 aliphatic rings. The van der Waals surface area contributed by atoms with E-state index in [-0.39, 0.29) is 12.5 Å². The second kappa shape index (κ2) is 6.51. The number of urea groups is 1. The molecule has 1 aromatic heterocycles. The van der Waals surface area contributed by atoms with Gasteiger partial charge in [-0.15, -0.1) is 0 Å². The number of amides is 2. The van der Waals surface area contributed by atoms with E-state index in [0.29, 0.717) is 25.1 Å². The molecule has 0 aliphatic carbocycles. The van der Waals surface area contributed by atoms with Crippen molar-refractivity contribution in [2.75, 3.05) is 11.9 Å². The summed E-state index contributed by atoms with van der Waals surface area (Å²) < 4.78 is 1.59. The zero-order chi connectivity index (χ0) is 12.7. The molecule has 0 fully saturated rings. The Bertz CT molecular complexity index is 389. The lowest BCUT2D eigenvalue weighted by Crippen LogP contribution is -2.29. The van der Waals surface area contributed by atoms with Crippen LogP contribution >= 0.6 is 0 Å². The van der Waals surface area contributed by atoms with E-state index in [1.165, 1.54) is 0 Å². The topological polar surface area (TPSA) is 96.2 Å². The highest BCUT2D eigenvalue weighted by Crippen LogP contribution is 2.02. The van der Waals surface area contributed by atoms with E-state index in [1.807, 2.05) is 0 Å². The summed E-state index contributed by atoms with van der Waals surface area (Å²) in [5.41, 5.74) is 0.621. The minimum Gasteiger partial charge on any atom is -0.481 e. The van der Waals surface area contributed by atoms with Gasteiger partial charge in [0.1, 0.15) is 0 Å². The minimum absolute atomic E-state index is 0.131. The summed E-state index contributed by atoms with van der Waals surface area (Å²) in [6.45, 7) is 0.458. The third-order valence-corrected chi connectivity index (χ3v) is 2.07. The molecule has 1 heterocycles. The third-order valence-electron chi connectivity index (χ3n) is 2.07. The number of aromatic nitrogens is 2. The van der Waals surface area contributed by atoms with E-state index in [1.54, 1.807) is 24.1 Å². The van der Waals surface area contributed by atoms with Crippen LogP contribution in [0.4, 0.5) is 10.5 Å². The summed E-state index contributed by atoms with van der Waals surface area (Å²) in [6, 6.07) is -0.312. The first-order valence-electron chi connectivity index (χ1n) is 5.33. The number of nitrogens with zero attached hydrogens (tertiary/aromatic N) is 2. The van der Waals surface area contributed by atoms with Crippen LogP contribution in [-0.2, 0) is 11.8 Å². The zero-order valence-electron chi connectivity index (χ0n) is 9.64. The summed E-state index contributed by atoms with van der Waals surface area (Å²) in [6.07, 6.45) is 4.56. The number of unbranched alkanes of at least 4 members (excludes halogenated alkanes) is 1. The number of nitrogens with one attached hydrogen (secondary N) is 2. The molecule has 7 nitrogen and oxygen atoms in total. The zero-order valence-corrected chi connectivity index (χ0v) is 9.64. The van der Waals surface area contributed by atoms with Crippen molar-refractivity contribution in [2.24, 2.45) is 7.05 Å². The predicted octanol–water partition coefficient (Wildman–Crippen LogP) is 0.796. The maximum atomic E-state index is 11.3. The van der Waals surface area contributed by atoms with Crippen LogP contribution in [0.2, 0.25) is 0 Å². The molecule has 0 saturated heterocycles. The lowest BCUT2D eigenvalue weighted by molar-refractivity contribution is -0.137. The van der Waals surface area contributed by atoms with Crippen LogP contribution in [0.3, 0.4) is 0 Å². The summed E-state index contributed by atoms with van der Waals surface area (Å²) >= 11 is 0. The lowest BCUT2D eigenvalue weighted by atomic mass is 10.2. The van der Waals surface area contributed by atoms with Gasteiger partial charge in [-0.1, -0.05) is 0 Å². The van der Waals surface area contributed by atoms with E-state index in [4.69, 9.17) is 5.11 Å². The van der Waals surface area contributed by atoms with Crippen molar-refractivity contribution in [3.63, 3.8) is 0 Å². The highest BCUT2D eigenvalue weighted by atomic mass is 16.4.